The molecule has 0 amide bonds. The van der Waals surface area contributed by atoms with Crippen LogP contribution >= 0.6 is 0 Å². The molecular weight excluding hydrogens is 202 g/mol. The number of carboxylic acid groups (broad SMARTS) is 1. The van der Waals surface area contributed by atoms with Gasteiger partial charge in [0.25, 0.3) is 6.47 Å². The minimum Gasteiger partial charge on any atom is -0.483 e. The third kappa shape index (κ3) is 5.78. The van der Waals surface area contributed by atoms with Crippen molar-refractivity contribution in [3.63, 3.8) is 0 Å². The second-order valence-electron chi connectivity index (χ2n) is 2.41. The predicted molar refractivity (Wildman–Crippen MR) is 55.9 cm³/mol. The maximum Gasteiger partial charge on any atom is 0.290 e. The molecule has 0 bridgehead atoms. The first-order valence-electron chi connectivity index (χ1n) is 4.53. The Morgan fingerprint density at radius 2 is 1.60 bits per heavy atom. The minimum absolute atomic E-state index is 0.0972. The lowest BCUT2D eigenvalue weighted by Gasteiger charge is -1.99. The summed E-state index contributed by atoms with van der Waals surface area (Å²) in [6.45, 7) is 6.79. The number of rotatable bonds is 0. The number of hydrogen-bond donors (Lipinski definition) is 1. The average molecular weight is 218 g/mol. The summed E-state index contributed by atoms with van der Waals surface area (Å²) in [5.74, 6) is -0.928. The predicted octanol–water partition coefficient (Wildman–Crippen LogP) is 3.31. The largest absolute Gasteiger partial charge is 0.483 e. The van der Waals surface area contributed by atoms with E-state index in [1.807, 2.05) is 13.8 Å². The first kappa shape index (κ1) is 16.0. The molecule has 2 nitrogen and oxygen atoms in total. The van der Waals surface area contributed by atoms with Gasteiger partial charge in [0.1, 0.15) is 11.6 Å². The van der Waals surface area contributed by atoms with Gasteiger partial charge in [-0.3, -0.25) is 4.79 Å². The van der Waals surface area contributed by atoms with Crippen molar-refractivity contribution < 1.29 is 18.7 Å². The van der Waals surface area contributed by atoms with Crippen LogP contribution in [0.25, 0.3) is 0 Å². The number of carbonyl (C=O) groups is 1. The fourth-order valence-electron chi connectivity index (χ4n) is 0.797. The van der Waals surface area contributed by atoms with Gasteiger partial charge in [-0.15, -0.1) is 0 Å². The molecule has 0 spiro atoms. The molecule has 0 atom stereocenters. The molecule has 15 heavy (non-hydrogen) atoms. The van der Waals surface area contributed by atoms with Crippen LogP contribution in [0.2, 0.25) is 0 Å². The van der Waals surface area contributed by atoms with Gasteiger partial charge in [0.2, 0.25) is 0 Å². The summed E-state index contributed by atoms with van der Waals surface area (Å²) in [6, 6.07) is 2.70. The Morgan fingerprint density at radius 3 is 1.93 bits per heavy atom. The molecule has 1 rings (SSSR count). The average Bonchev–Trinajstić information content (AvgIpc) is 2.25. The summed E-state index contributed by atoms with van der Waals surface area (Å²) < 4.78 is 25.3. The Bertz CT molecular complexity index is 272. The van der Waals surface area contributed by atoms with Gasteiger partial charge in [-0.25, -0.2) is 8.78 Å². The molecule has 0 aliphatic rings. The van der Waals surface area contributed by atoms with Gasteiger partial charge in [0, 0.05) is 5.56 Å². The molecule has 1 N–H and O–H groups in total. The molecule has 4 heteroatoms. The monoisotopic (exact) mass is 218 g/mol. The smallest absolute Gasteiger partial charge is 0.290 e. The van der Waals surface area contributed by atoms with E-state index < -0.39 is 11.6 Å². The molecule has 0 aromatic heterocycles. The normalized spacial score (nSPS) is 7.87. The van der Waals surface area contributed by atoms with Crippen molar-refractivity contribution in [2.45, 2.75) is 27.7 Å². The summed E-state index contributed by atoms with van der Waals surface area (Å²) in [4.78, 5) is 8.36. The summed E-state index contributed by atoms with van der Waals surface area (Å²) >= 11 is 0. The van der Waals surface area contributed by atoms with Crippen molar-refractivity contribution in [2.24, 2.45) is 0 Å². The summed E-state index contributed by atoms with van der Waals surface area (Å²) in [5, 5.41) is 6.89. The van der Waals surface area contributed by atoms with Crippen LogP contribution in [-0.4, -0.2) is 11.6 Å². The Morgan fingerprint density at radius 1 is 1.20 bits per heavy atom. The van der Waals surface area contributed by atoms with E-state index in [1.54, 1.807) is 6.92 Å². The van der Waals surface area contributed by atoms with Crippen molar-refractivity contribution in [1.82, 2.24) is 0 Å². The standard InChI is InChI=1S/C8H8F2.C2H6.CH2O2/c1-5-3-4-7(9)6(2)8(5)10;1-2;2-1-3/h3-4H,1-2H3;1-2H3;1H,(H,2,3). The van der Waals surface area contributed by atoms with E-state index in [0.717, 1.165) is 0 Å². The maximum atomic E-state index is 12.8. The molecular formula is C11H16F2O2. The van der Waals surface area contributed by atoms with Crippen LogP contribution in [0.3, 0.4) is 0 Å². The molecule has 0 saturated carbocycles. The molecule has 0 radical (unpaired) electrons. The van der Waals surface area contributed by atoms with E-state index in [1.165, 1.54) is 19.1 Å². The molecule has 86 valence electrons. The Labute approximate surface area is 88.6 Å². The number of benzene rings is 1. The van der Waals surface area contributed by atoms with Gasteiger partial charge < -0.3 is 5.11 Å². The zero-order chi connectivity index (χ0) is 12.4. The lowest BCUT2D eigenvalue weighted by atomic mass is 10.1. The zero-order valence-electron chi connectivity index (χ0n) is 9.34. The fourth-order valence-corrected chi connectivity index (χ4v) is 0.797. The summed E-state index contributed by atoms with van der Waals surface area (Å²) in [6.07, 6.45) is 0. The van der Waals surface area contributed by atoms with E-state index in [0.29, 0.717) is 5.56 Å². The fraction of sp³-hybridized carbons (Fsp3) is 0.364. The van der Waals surface area contributed by atoms with Gasteiger partial charge in [-0.1, -0.05) is 19.9 Å². The molecule has 1 aromatic rings. The molecule has 0 aliphatic carbocycles. The van der Waals surface area contributed by atoms with Crippen molar-refractivity contribution >= 4 is 6.47 Å². The van der Waals surface area contributed by atoms with Crippen molar-refractivity contribution in [1.29, 1.82) is 0 Å². The van der Waals surface area contributed by atoms with E-state index in [2.05, 4.69) is 0 Å². The first-order chi connectivity index (χ1) is 7.04. The Kier molecular flexibility index (Phi) is 9.73. The first-order valence-corrected chi connectivity index (χ1v) is 4.53. The van der Waals surface area contributed by atoms with E-state index in [-0.39, 0.29) is 12.0 Å². The molecule has 0 unspecified atom stereocenters. The molecule has 0 aliphatic heterocycles. The Balaban J connectivity index is 0. The number of aryl methyl sites for hydroxylation is 1. The Hall–Kier alpha value is -1.45. The highest BCUT2D eigenvalue weighted by Gasteiger charge is 2.04. The quantitative estimate of drug-likeness (QED) is 0.678. The lowest BCUT2D eigenvalue weighted by molar-refractivity contribution is -0.122. The van der Waals surface area contributed by atoms with Crippen LogP contribution in [0.15, 0.2) is 12.1 Å². The maximum absolute atomic E-state index is 12.8. The number of halogens is 2. The van der Waals surface area contributed by atoms with Gasteiger partial charge in [-0.2, -0.15) is 0 Å². The van der Waals surface area contributed by atoms with E-state index in [4.69, 9.17) is 9.90 Å². The van der Waals surface area contributed by atoms with Crippen LogP contribution < -0.4 is 0 Å². The number of hydrogen-bond acceptors (Lipinski definition) is 1. The van der Waals surface area contributed by atoms with Crippen molar-refractivity contribution in [2.75, 3.05) is 0 Å². The van der Waals surface area contributed by atoms with Crippen LogP contribution in [0.1, 0.15) is 25.0 Å². The van der Waals surface area contributed by atoms with Crippen molar-refractivity contribution in [3.8, 4) is 0 Å². The van der Waals surface area contributed by atoms with Crippen LogP contribution in [0.4, 0.5) is 8.78 Å². The highest BCUT2D eigenvalue weighted by atomic mass is 19.1. The second-order valence-corrected chi connectivity index (χ2v) is 2.41. The third-order valence-electron chi connectivity index (χ3n) is 1.51. The van der Waals surface area contributed by atoms with Crippen LogP contribution in [0.5, 0.6) is 0 Å². The molecule has 0 saturated heterocycles. The third-order valence-corrected chi connectivity index (χ3v) is 1.51. The van der Waals surface area contributed by atoms with E-state index in [9.17, 15) is 8.78 Å². The molecule has 0 fully saturated rings. The minimum atomic E-state index is -0.483. The highest BCUT2D eigenvalue weighted by Crippen LogP contribution is 2.13. The van der Waals surface area contributed by atoms with Gasteiger partial charge >= 0.3 is 0 Å². The second kappa shape index (κ2) is 9.12. The van der Waals surface area contributed by atoms with Gasteiger partial charge in [-0.05, 0) is 25.5 Å². The molecule has 1 aromatic carbocycles. The zero-order valence-corrected chi connectivity index (χ0v) is 9.34. The van der Waals surface area contributed by atoms with Gasteiger partial charge in [0.15, 0.2) is 0 Å². The van der Waals surface area contributed by atoms with Gasteiger partial charge in [0.05, 0.1) is 0 Å². The van der Waals surface area contributed by atoms with Crippen molar-refractivity contribution in [3.05, 3.63) is 34.9 Å². The van der Waals surface area contributed by atoms with Crippen LogP contribution in [0, 0.1) is 25.5 Å². The molecule has 0 heterocycles. The summed E-state index contributed by atoms with van der Waals surface area (Å²) in [7, 11) is 0. The highest BCUT2D eigenvalue weighted by molar-refractivity contribution is 5.32. The topological polar surface area (TPSA) is 37.3 Å². The lowest BCUT2D eigenvalue weighted by Crippen LogP contribution is -1.90. The SMILES string of the molecule is CC.Cc1ccc(F)c(C)c1F.O=CO. The van der Waals surface area contributed by atoms with Crippen LogP contribution in [-0.2, 0) is 4.79 Å². The summed E-state index contributed by atoms with van der Waals surface area (Å²) in [5.41, 5.74) is 0.582. The van der Waals surface area contributed by atoms with E-state index >= 15 is 0 Å².